The van der Waals surface area contributed by atoms with Crippen LogP contribution in [0.25, 0.3) is 0 Å². The molecule has 15 heavy (non-hydrogen) atoms. The first-order valence-corrected chi connectivity index (χ1v) is 7.38. The third-order valence-corrected chi connectivity index (χ3v) is 6.34. The molecule has 2 rings (SSSR count). The molecule has 2 unspecified atom stereocenters. The van der Waals surface area contributed by atoms with E-state index in [-0.39, 0.29) is 0 Å². The Hall–Kier alpha value is -0.0900. The van der Waals surface area contributed by atoms with Gasteiger partial charge in [0.25, 0.3) is 0 Å². The van der Waals surface area contributed by atoms with Crippen molar-refractivity contribution in [3.05, 3.63) is 18.7 Å². The van der Waals surface area contributed by atoms with E-state index in [1.165, 1.54) is 18.6 Å². The first-order chi connectivity index (χ1) is 7.24. The molecule has 1 aromatic rings. The van der Waals surface area contributed by atoms with E-state index in [9.17, 15) is 0 Å². The summed E-state index contributed by atoms with van der Waals surface area (Å²) in [6, 6.07) is 0. The standard InChI is InChI=1S/C11H18N2S2/c1-3-11(8-13-6-5-12-9-13)14-7-4-10(2)15-11/h5-6,9-10H,3-4,7-8H2,1-2H3. The van der Waals surface area contributed by atoms with E-state index in [4.69, 9.17) is 0 Å². The highest BCUT2D eigenvalue weighted by Gasteiger charge is 2.35. The average molecular weight is 242 g/mol. The van der Waals surface area contributed by atoms with E-state index in [0.29, 0.717) is 4.08 Å². The summed E-state index contributed by atoms with van der Waals surface area (Å²) in [6.45, 7) is 5.74. The van der Waals surface area contributed by atoms with Crippen molar-refractivity contribution in [2.45, 2.75) is 42.6 Å². The Morgan fingerprint density at radius 3 is 3.07 bits per heavy atom. The van der Waals surface area contributed by atoms with Crippen LogP contribution in [-0.2, 0) is 6.54 Å². The molecule has 2 nitrogen and oxygen atoms in total. The molecule has 1 aliphatic heterocycles. The molecule has 2 atom stereocenters. The molecule has 4 heteroatoms. The van der Waals surface area contributed by atoms with Crippen LogP contribution in [0.1, 0.15) is 26.7 Å². The molecule has 0 N–H and O–H groups in total. The minimum Gasteiger partial charge on any atom is -0.335 e. The van der Waals surface area contributed by atoms with Gasteiger partial charge in [-0.1, -0.05) is 13.8 Å². The average Bonchev–Trinajstić information content (AvgIpc) is 2.70. The predicted octanol–water partition coefficient (Wildman–Crippen LogP) is 3.25. The third-order valence-electron chi connectivity index (χ3n) is 2.83. The van der Waals surface area contributed by atoms with Gasteiger partial charge in [0.05, 0.1) is 10.4 Å². The minimum atomic E-state index is 0.373. The van der Waals surface area contributed by atoms with Gasteiger partial charge >= 0.3 is 0 Å². The molecular formula is C11H18N2S2. The molecule has 2 heterocycles. The van der Waals surface area contributed by atoms with Crippen LogP contribution in [0.5, 0.6) is 0 Å². The SMILES string of the molecule is CCC1(Cn2ccnc2)SCCC(C)S1. The van der Waals surface area contributed by atoms with E-state index in [1.807, 2.05) is 12.5 Å². The lowest BCUT2D eigenvalue weighted by molar-refractivity contribution is 0.602. The van der Waals surface area contributed by atoms with E-state index in [1.54, 1.807) is 0 Å². The van der Waals surface area contributed by atoms with Gasteiger partial charge < -0.3 is 4.57 Å². The van der Waals surface area contributed by atoms with Crippen LogP contribution in [0.3, 0.4) is 0 Å². The van der Waals surface area contributed by atoms with Gasteiger partial charge in [0, 0.05) is 24.2 Å². The summed E-state index contributed by atoms with van der Waals surface area (Å²) in [5, 5.41) is 0.801. The molecule has 0 spiro atoms. The second kappa shape index (κ2) is 4.83. The minimum absolute atomic E-state index is 0.373. The number of nitrogens with zero attached hydrogens (tertiary/aromatic N) is 2. The number of rotatable bonds is 3. The highest BCUT2D eigenvalue weighted by molar-refractivity contribution is 8.19. The lowest BCUT2D eigenvalue weighted by atomic mass is 10.3. The lowest BCUT2D eigenvalue weighted by Gasteiger charge is -2.38. The van der Waals surface area contributed by atoms with Crippen molar-refractivity contribution in [1.29, 1.82) is 0 Å². The Labute approximate surface area is 100 Å². The summed E-state index contributed by atoms with van der Waals surface area (Å²) in [5.41, 5.74) is 0. The Kier molecular flexibility index (Phi) is 3.67. The molecule has 1 saturated heterocycles. The second-order valence-electron chi connectivity index (χ2n) is 4.06. The van der Waals surface area contributed by atoms with Crippen LogP contribution in [0, 0.1) is 0 Å². The van der Waals surface area contributed by atoms with Gasteiger partial charge in [0.1, 0.15) is 0 Å². The van der Waals surface area contributed by atoms with Gasteiger partial charge in [-0.15, -0.1) is 23.5 Å². The molecule has 0 bridgehead atoms. The smallest absolute Gasteiger partial charge is 0.0946 e. The fourth-order valence-electron chi connectivity index (χ4n) is 1.91. The first-order valence-electron chi connectivity index (χ1n) is 5.51. The predicted molar refractivity (Wildman–Crippen MR) is 69.4 cm³/mol. The van der Waals surface area contributed by atoms with Crippen LogP contribution in [0.15, 0.2) is 18.7 Å². The summed E-state index contributed by atoms with van der Waals surface area (Å²) >= 11 is 4.27. The van der Waals surface area contributed by atoms with Gasteiger partial charge in [-0.05, 0) is 18.6 Å². The van der Waals surface area contributed by atoms with Crippen LogP contribution in [0.4, 0.5) is 0 Å². The summed E-state index contributed by atoms with van der Waals surface area (Å²) in [7, 11) is 0. The quantitative estimate of drug-likeness (QED) is 0.810. The largest absolute Gasteiger partial charge is 0.335 e. The molecule has 0 aliphatic carbocycles. The molecule has 1 aliphatic rings. The van der Waals surface area contributed by atoms with Crippen molar-refractivity contribution in [3.63, 3.8) is 0 Å². The normalized spacial score (nSPS) is 31.7. The molecular weight excluding hydrogens is 224 g/mol. The van der Waals surface area contributed by atoms with E-state index >= 15 is 0 Å². The van der Waals surface area contributed by atoms with Crippen molar-refractivity contribution < 1.29 is 0 Å². The Morgan fingerprint density at radius 2 is 2.47 bits per heavy atom. The van der Waals surface area contributed by atoms with Crippen LogP contribution < -0.4 is 0 Å². The van der Waals surface area contributed by atoms with Gasteiger partial charge in [-0.25, -0.2) is 4.98 Å². The topological polar surface area (TPSA) is 17.8 Å². The number of imidazole rings is 1. The third kappa shape index (κ3) is 2.72. The summed E-state index contributed by atoms with van der Waals surface area (Å²) in [5.74, 6) is 1.30. The number of thioether (sulfide) groups is 2. The first kappa shape index (κ1) is 11.4. The van der Waals surface area contributed by atoms with E-state index < -0.39 is 0 Å². The zero-order chi connectivity index (χ0) is 10.7. The van der Waals surface area contributed by atoms with Crippen molar-refractivity contribution >= 4 is 23.5 Å². The summed E-state index contributed by atoms with van der Waals surface area (Å²) < 4.78 is 2.58. The van der Waals surface area contributed by atoms with E-state index in [0.717, 1.165) is 11.8 Å². The fourth-order valence-corrected chi connectivity index (χ4v) is 5.72. The molecule has 0 saturated carbocycles. The Bertz CT molecular complexity index is 300. The number of hydrogen-bond acceptors (Lipinski definition) is 3. The van der Waals surface area contributed by atoms with Gasteiger partial charge in [-0.2, -0.15) is 0 Å². The van der Waals surface area contributed by atoms with Gasteiger partial charge in [0.15, 0.2) is 0 Å². The van der Waals surface area contributed by atoms with Gasteiger partial charge in [0.2, 0.25) is 0 Å². The van der Waals surface area contributed by atoms with Crippen LogP contribution >= 0.6 is 23.5 Å². The fraction of sp³-hybridized carbons (Fsp3) is 0.727. The Balaban J connectivity index is 2.07. The maximum absolute atomic E-state index is 4.12. The monoisotopic (exact) mass is 242 g/mol. The highest BCUT2D eigenvalue weighted by atomic mass is 32.2. The second-order valence-corrected chi connectivity index (χ2v) is 7.62. The maximum atomic E-state index is 4.12. The van der Waals surface area contributed by atoms with Crippen molar-refractivity contribution in [2.75, 3.05) is 5.75 Å². The zero-order valence-corrected chi connectivity index (χ0v) is 11.0. The summed E-state index contributed by atoms with van der Waals surface area (Å²) in [4.78, 5) is 4.12. The van der Waals surface area contributed by atoms with Crippen molar-refractivity contribution in [1.82, 2.24) is 9.55 Å². The summed E-state index contributed by atoms with van der Waals surface area (Å²) in [6.07, 6.45) is 8.44. The Morgan fingerprint density at radius 1 is 1.60 bits per heavy atom. The number of hydrogen-bond donors (Lipinski definition) is 0. The van der Waals surface area contributed by atoms with E-state index in [2.05, 4.69) is 53.1 Å². The lowest BCUT2D eigenvalue weighted by Crippen LogP contribution is -2.32. The van der Waals surface area contributed by atoms with Crippen LogP contribution in [0.2, 0.25) is 0 Å². The molecule has 0 aromatic carbocycles. The molecule has 1 aromatic heterocycles. The zero-order valence-electron chi connectivity index (χ0n) is 9.35. The molecule has 1 fully saturated rings. The molecule has 0 radical (unpaired) electrons. The van der Waals surface area contributed by atoms with Crippen molar-refractivity contribution in [3.8, 4) is 0 Å². The number of aromatic nitrogens is 2. The maximum Gasteiger partial charge on any atom is 0.0946 e. The highest BCUT2D eigenvalue weighted by Crippen LogP contribution is 2.48. The van der Waals surface area contributed by atoms with Crippen molar-refractivity contribution in [2.24, 2.45) is 0 Å². The van der Waals surface area contributed by atoms with Crippen LogP contribution in [-0.4, -0.2) is 24.6 Å². The van der Waals surface area contributed by atoms with Gasteiger partial charge in [-0.3, -0.25) is 0 Å². The molecule has 84 valence electrons. The molecule has 0 amide bonds.